The molecule has 20 heavy (non-hydrogen) atoms. The van der Waals surface area contributed by atoms with Gasteiger partial charge < -0.3 is 15.6 Å². The third-order valence-corrected chi connectivity index (χ3v) is 2.49. The number of aromatic nitrogens is 2. The van der Waals surface area contributed by atoms with Gasteiger partial charge in [-0.2, -0.15) is 4.98 Å². The summed E-state index contributed by atoms with van der Waals surface area (Å²) in [5.41, 5.74) is 6.63. The SMILES string of the molecule is NCC#Cc1cccc(C(=O)NCCc2ncno2)c1. The predicted octanol–water partition coefficient (Wildman–Crippen LogP) is 0.352. The Morgan fingerprint density at radius 1 is 1.45 bits per heavy atom. The molecule has 0 atom stereocenters. The van der Waals surface area contributed by atoms with Gasteiger partial charge in [0.05, 0.1) is 6.54 Å². The van der Waals surface area contributed by atoms with Gasteiger partial charge in [0.2, 0.25) is 5.89 Å². The van der Waals surface area contributed by atoms with Crippen molar-refractivity contribution in [3.8, 4) is 11.8 Å². The maximum atomic E-state index is 11.9. The van der Waals surface area contributed by atoms with E-state index in [2.05, 4.69) is 27.3 Å². The normalized spacial score (nSPS) is 9.65. The molecule has 1 heterocycles. The van der Waals surface area contributed by atoms with E-state index in [4.69, 9.17) is 10.3 Å². The lowest BCUT2D eigenvalue weighted by molar-refractivity contribution is 0.0953. The minimum Gasteiger partial charge on any atom is -0.352 e. The monoisotopic (exact) mass is 270 g/mol. The lowest BCUT2D eigenvalue weighted by Gasteiger charge is -2.03. The van der Waals surface area contributed by atoms with Gasteiger partial charge in [-0.25, -0.2) is 0 Å². The summed E-state index contributed by atoms with van der Waals surface area (Å²) in [7, 11) is 0. The first kappa shape index (κ1) is 13.8. The number of rotatable bonds is 4. The van der Waals surface area contributed by atoms with E-state index in [9.17, 15) is 4.79 Å². The summed E-state index contributed by atoms with van der Waals surface area (Å²) in [6, 6.07) is 7.08. The van der Waals surface area contributed by atoms with Crippen LogP contribution in [0.3, 0.4) is 0 Å². The van der Waals surface area contributed by atoms with Crippen LogP contribution in [-0.4, -0.2) is 29.1 Å². The Morgan fingerprint density at radius 2 is 2.35 bits per heavy atom. The molecular weight excluding hydrogens is 256 g/mol. The molecule has 0 bridgehead atoms. The number of hydrogen-bond acceptors (Lipinski definition) is 5. The smallest absolute Gasteiger partial charge is 0.251 e. The van der Waals surface area contributed by atoms with Gasteiger partial charge in [-0.05, 0) is 18.2 Å². The highest BCUT2D eigenvalue weighted by Crippen LogP contribution is 2.04. The predicted molar refractivity (Wildman–Crippen MR) is 72.7 cm³/mol. The lowest BCUT2D eigenvalue weighted by atomic mass is 10.1. The van der Waals surface area contributed by atoms with Crippen LogP contribution in [0.5, 0.6) is 0 Å². The van der Waals surface area contributed by atoms with Gasteiger partial charge in [-0.1, -0.05) is 23.1 Å². The molecule has 1 aromatic heterocycles. The van der Waals surface area contributed by atoms with Crippen molar-refractivity contribution in [3.63, 3.8) is 0 Å². The molecule has 0 saturated carbocycles. The Hall–Kier alpha value is -2.65. The quantitative estimate of drug-likeness (QED) is 0.782. The maximum absolute atomic E-state index is 11.9. The molecule has 1 aromatic carbocycles. The molecule has 2 aromatic rings. The minimum absolute atomic E-state index is 0.166. The van der Waals surface area contributed by atoms with Crippen LogP contribution >= 0.6 is 0 Å². The first-order valence-corrected chi connectivity index (χ1v) is 6.12. The van der Waals surface area contributed by atoms with Crippen LogP contribution < -0.4 is 11.1 Å². The van der Waals surface area contributed by atoms with Crippen LogP contribution in [0, 0.1) is 11.8 Å². The van der Waals surface area contributed by atoms with Crippen molar-refractivity contribution in [3.05, 3.63) is 47.6 Å². The lowest BCUT2D eigenvalue weighted by Crippen LogP contribution is -2.25. The fourth-order valence-corrected chi connectivity index (χ4v) is 1.58. The summed E-state index contributed by atoms with van der Waals surface area (Å²) < 4.78 is 4.84. The van der Waals surface area contributed by atoms with Crippen LogP contribution in [0.25, 0.3) is 0 Å². The van der Waals surface area contributed by atoms with Crippen LogP contribution in [0.15, 0.2) is 35.1 Å². The second-order valence-electron chi connectivity index (χ2n) is 3.93. The zero-order chi connectivity index (χ0) is 14.2. The van der Waals surface area contributed by atoms with E-state index in [1.165, 1.54) is 6.33 Å². The van der Waals surface area contributed by atoms with E-state index in [0.717, 1.165) is 5.56 Å². The average molecular weight is 270 g/mol. The molecule has 3 N–H and O–H groups in total. The highest BCUT2D eigenvalue weighted by atomic mass is 16.5. The summed E-state index contributed by atoms with van der Waals surface area (Å²) >= 11 is 0. The van der Waals surface area contributed by atoms with Crippen molar-refractivity contribution in [1.82, 2.24) is 15.5 Å². The van der Waals surface area contributed by atoms with E-state index >= 15 is 0 Å². The summed E-state index contributed by atoms with van der Waals surface area (Å²) in [5.74, 6) is 5.97. The van der Waals surface area contributed by atoms with Gasteiger partial charge >= 0.3 is 0 Å². The maximum Gasteiger partial charge on any atom is 0.251 e. The molecule has 102 valence electrons. The first-order chi connectivity index (χ1) is 9.79. The average Bonchev–Trinajstić information content (AvgIpc) is 2.98. The van der Waals surface area contributed by atoms with Gasteiger partial charge in [0.1, 0.15) is 0 Å². The zero-order valence-corrected chi connectivity index (χ0v) is 10.8. The van der Waals surface area contributed by atoms with Gasteiger partial charge in [-0.15, -0.1) is 0 Å². The van der Waals surface area contributed by atoms with Crippen molar-refractivity contribution in [1.29, 1.82) is 0 Å². The molecule has 0 saturated heterocycles. The Kier molecular flexibility index (Phi) is 4.87. The number of carbonyl (C=O) groups excluding carboxylic acids is 1. The van der Waals surface area contributed by atoms with Gasteiger partial charge in [-0.3, -0.25) is 4.79 Å². The molecule has 6 nitrogen and oxygen atoms in total. The van der Waals surface area contributed by atoms with Crippen LogP contribution in [0.4, 0.5) is 0 Å². The van der Waals surface area contributed by atoms with Crippen molar-refractivity contribution in [2.24, 2.45) is 5.73 Å². The van der Waals surface area contributed by atoms with Gasteiger partial charge in [0, 0.05) is 24.1 Å². The zero-order valence-electron chi connectivity index (χ0n) is 10.8. The Bertz CT molecular complexity index is 626. The molecule has 0 radical (unpaired) electrons. The number of benzene rings is 1. The topological polar surface area (TPSA) is 94.0 Å². The number of nitrogens with one attached hydrogen (secondary N) is 1. The number of nitrogens with two attached hydrogens (primary N) is 1. The van der Waals surface area contributed by atoms with E-state index in [0.29, 0.717) is 31.0 Å². The molecule has 0 aliphatic heterocycles. The first-order valence-electron chi connectivity index (χ1n) is 6.12. The third kappa shape index (κ3) is 3.93. The number of hydrogen-bond donors (Lipinski definition) is 2. The fraction of sp³-hybridized carbons (Fsp3) is 0.214. The van der Waals surface area contributed by atoms with Gasteiger partial charge in [0.15, 0.2) is 6.33 Å². The number of nitrogens with zero attached hydrogens (tertiary/aromatic N) is 2. The molecule has 0 aliphatic rings. The summed E-state index contributed by atoms with van der Waals surface area (Å²) in [5, 5.41) is 6.27. The van der Waals surface area contributed by atoms with Crippen molar-refractivity contribution >= 4 is 5.91 Å². The highest BCUT2D eigenvalue weighted by molar-refractivity contribution is 5.94. The van der Waals surface area contributed by atoms with Crippen LogP contribution in [0.1, 0.15) is 21.8 Å². The standard InChI is InChI=1S/C14H14N4O2/c15-7-2-4-11-3-1-5-12(9-11)14(19)16-8-6-13-17-10-18-20-13/h1,3,5,9-10H,6-8,15H2,(H,16,19). The van der Waals surface area contributed by atoms with E-state index in [1.54, 1.807) is 18.2 Å². The minimum atomic E-state index is -0.166. The fourth-order valence-electron chi connectivity index (χ4n) is 1.58. The summed E-state index contributed by atoms with van der Waals surface area (Å²) in [4.78, 5) is 15.8. The van der Waals surface area contributed by atoms with Crippen molar-refractivity contribution in [2.75, 3.05) is 13.1 Å². The van der Waals surface area contributed by atoms with Gasteiger partial charge in [0.25, 0.3) is 5.91 Å². The molecule has 0 unspecified atom stereocenters. The molecule has 2 rings (SSSR count). The molecule has 0 aliphatic carbocycles. The van der Waals surface area contributed by atoms with Crippen LogP contribution in [-0.2, 0) is 6.42 Å². The van der Waals surface area contributed by atoms with E-state index < -0.39 is 0 Å². The molecular formula is C14H14N4O2. The molecule has 6 heteroatoms. The second-order valence-corrected chi connectivity index (χ2v) is 3.93. The third-order valence-electron chi connectivity index (χ3n) is 2.49. The molecule has 0 fully saturated rings. The Morgan fingerprint density at radius 3 is 3.10 bits per heavy atom. The summed E-state index contributed by atoms with van der Waals surface area (Å²) in [6.07, 6.45) is 1.83. The molecule has 1 amide bonds. The Labute approximate surface area is 116 Å². The number of amides is 1. The van der Waals surface area contributed by atoms with E-state index in [-0.39, 0.29) is 5.91 Å². The van der Waals surface area contributed by atoms with Crippen molar-refractivity contribution in [2.45, 2.75) is 6.42 Å². The molecule has 0 spiro atoms. The summed E-state index contributed by atoms with van der Waals surface area (Å²) in [6.45, 7) is 0.723. The van der Waals surface area contributed by atoms with E-state index in [1.807, 2.05) is 6.07 Å². The highest BCUT2D eigenvalue weighted by Gasteiger charge is 2.06. The largest absolute Gasteiger partial charge is 0.352 e. The van der Waals surface area contributed by atoms with Crippen LogP contribution in [0.2, 0.25) is 0 Å². The van der Waals surface area contributed by atoms with Crippen molar-refractivity contribution < 1.29 is 9.32 Å². The second kappa shape index (κ2) is 7.07. The Balaban J connectivity index is 1.91. The number of carbonyl (C=O) groups is 1.